The number of methoxy groups -OCH3 is 1. The molecular weight excluding hydrogens is 342 g/mol. The molecule has 0 unspecified atom stereocenters. The van der Waals surface area contributed by atoms with Gasteiger partial charge in [-0.2, -0.15) is 5.10 Å². The summed E-state index contributed by atoms with van der Waals surface area (Å²) in [5.41, 5.74) is 2.52. The summed E-state index contributed by atoms with van der Waals surface area (Å²) in [4.78, 5) is 14.4. The molecule has 1 amide bonds. The van der Waals surface area contributed by atoms with Crippen LogP contribution in [0.15, 0.2) is 60.8 Å². The van der Waals surface area contributed by atoms with Crippen molar-refractivity contribution in [3.05, 3.63) is 77.6 Å². The lowest BCUT2D eigenvalue weighted by atomic mass is 10.1. The van der Waals surface area contributed by atoms with Crippen LogP contribution in [0.4, 0.5) is 0 Å². The summed E-state index contributed by atoms with van der Waals surface area (Å²) in [7, 11) is 5.26. The van der Waals surface area contributed by atoms with Crippen molar-refractivity contribution < 1.29 is 14.3 Å². The number of hydrogen-bond acceptors (Lipinski definition) is 4. The molecule has 6 nitrogen and oxygen atoms in total. The minimum Gasteiger partial charge on any atom is -0.493 e. The molecule has 0 N–H and O–H groups in total. The Morgan fingerprint density at radius 1 is 1.11 bits per heavy atom. The molecule has 0 radical (unpaired) electrons. The van der Waals surface area contributed by atoms with Gasteiger partial charge in [-0.1, -0.05) is 24.3 Å². The second-order valence-corrected chi connectivity index (χ2v) is 6.25. The Hall–Kier alpha value is -3.28. The van der Waals surface area contributed by atoms with Crippen LogP contribution in [-0.2, 0) is 20.2 Å². The van der Waals surface area contributed by atoms with Crippen molar-refractivity contribution in [2.45, 2.75) is 13.2 Å². The highest BCUT2D eigenvalue weighted by Gasteiger charge is 2.14. The van der Waals surface area contributed by atoms with Gasteiger partial charge in [0, 0.05) is 25.9 Å². The maximum atomic E-state index is 12.7. The number of carbonyl (C=O) groups is 1. The number of para-hydroxylation sites is 2. The summed E-state index contributed by atoms with van der Waals surface area (Å²) >= 11 is 0. The molecule has 0 atom stereocenters. The van der Waals surface area contributed by atoms with Crippen LogP contribution in [0.1, 0.15) is 21.6 Å². The molecule has 0 saturated carbocycles. The van der Waals surface area contributed by atoms with Gasteiger partial charge in [0.25, 0.3) is 5.91 Å². The Labute approximate surface area is 158 Å². The Kier molecular flexibility index (Phi) is 5.76. The molecule has 140 valence electrons. The summed E-state index contributed by atoms with van der Waals surface area (Å²) in [5.74, 6) is 1.31. The highest BCUT2D eigenvalue weighted by molar-refractivity contribution is 5.94. The number of carbonyl (C=O) groups excluding carboxylic acids is 1. The first kappa shape index (κ1) is 18.5. The van der Waals surface area contributed by atoms with Gasteiger partial charge in [-0.25, -0.2) is 0 Å². The highest BCUT2D eigenvalue weighted by Crippen LogP contribution is 2.26. The van der Waals surface area contributed by atoms with Crippen molar-refractivity contribution in [3.8, 4) is 11.5 Å². The summed E-state index contributed by atoms with van der Waals surface area (Å²) in [6.07, 6.45) is 1.73. The topological polar surface area (TPSA) is 56.6 Å². The standard InChI is InChI=1S/C21H23N3O3/c1-23(14-18-11-12-22-24(18)2)21(25)17-8-6-7-16(13-17)15-27-20-10-5-4-9-19(20)26-3/h4-13H,14-15H2,1-3H3. The third-order valence-electron chi connectivity index (χ3n) is 4.31. The minimum atomic E-state index is -0.0460. The molecule has 1 heterocycles. The Balaban J connectivity index is 1.67. The first-order valence-corrected chi connectivity index (χ1v) is 8.65. The fraction of sp³-hybridized carbons (Fsp3) is 0.238. The molecule has 1 aromatic heterocycles. The average molecular weight is 365 g/mol. The van der Waals surface area contributed by atoms with Crippen LogP contribution in [-0.4, -0.2) is 34.7 Å². The van der Waals surface area contributed by atoms with E-state index in [-0.39, 0.29) is 5.91 Å². The van der Waals surface area contributed by atoms with E-state index in [1.165, 1.54) is 0 Å². The van der Waals surface area contributed by atoms with Gasteiger partial charge in [0.05, 0.1) is 19.3 Å². The zero-order chi connectivity index (χ0) is 19.2. The predicted molar refractivity (Wildman–Crippen MR) is 103 cm³/mol. The Morgan fingerprint density at radius 3 is 2.59 bits per heavy atom. The third kappa shape index (κ3) is 4.47. The third-order valence-corrected chi connectivity index (χ3v) is 4.31. The van der Waals surface area contributed by atoms with E-state index in [1.54, 1.807) is 29.9 Å². The van der Waals surface area contributed by atoms with Crippen molar-refractivity contribution in [2.24, 2.45) is 7.05 Å². The van der Waals surface area contributed by atoms with Crippen molar-refractivity contribution in [2.75, 3.05) is 14.2 Å². The molecule has 3 rings (SSSR count). The Bertz CT molecular complexity index is 920. The second-order valence-electron chi connectivity index (χ2n) is 6.25. The normalized spacial score (nSPS) is 10.5. The second kappa shape index (κ2) is 8.40. The van der Waals surface area contributed by atoms with Crippen molar-refractivity contribution in [1.29, 1.82) is 0 Å². The SMILES string of the molecule is COc1ccccc1OCc1cccc(C(=O)N(C)Cc2ccnn2C)c1. The monoisotopic (exact) mass is 365 g/mol. The largest absolute Gasteiger partial charge is 0.493 e. The molecule has 0 saturated heterocycles. The van der Waals surface area contributed by atoms with E-state index < -0.39 is 0 Å². The van der Waals surface area contributed by atoms with Crippen LogP contribution >= 0.6 is 0 Å². The molecule has 6 heteroatoms. The van der Waals surface area contributed by atoms with Crippen molar-refractivity contribution in [3.63, 3.8) is 0 Å². The van der Waals surface area contributed by atoms with Gasteiger partial charge in [-0.3, -0.25) is 9.48 Å². The first-order valence-electron chi connectivity index (χ1n) is 8.65. The van der Waals surface area contributed by atoms with Gasteiger partial charge in [-0.15, -0.1) is 0 Å². The number of aryl methyl sites for hydroxylation is 1. The minimum absolute atomic E-state index is 0.0460. The van der Waals surface area contributed by atoms with Gasteiger partial charge in [0.15, 0.2) is 11.5 Å². The smallest absolute Gasteiger partial charge is 0.253 e. The molecule has 0 aliphatic rings. The lowest BCUT2D eigenvalue weighted by molar-refractivity contribution is 0.0782. The summed E-state index contributed by atoms with van der Waals surface area (Å²) in [5, 5.41) is 4.14. The van der Waals surface area contributed by atoms with Gasteiger partial charge in [-0.05, 0) is 35.9 Å². The van der Waals surface area contributed by atoms with Crippen molar-refractivity contribution >= 4 is 5.91 Å². The van der Waals surface area contributed by atoms with E-state index in [9.17, 15) is 4.79 Å². The van der Waals surface area contributed by atoms with Gasteiger partial charge >= 0.3 is 0 Å². The number of benzene rings is 2. The van der Waals surface area contributed by atoms with E-state index in [2.05, 4.69) is 5.10 Å². The van der Waals surface area contributed by atoms with Crippen LogP contribution in [0, 0.1) is 0 Å². The molecular formula is C21H23N3O3. The first-order chi connectivity index (χ1) is 13.1. The molecule has 0 bridgehead atoms. The van der Waals surface area contributed by atoms with E-state index >= 15 is 0 Å². The lowest BCUT2D eigenvalue weighted by Gasteiger charge is -2.18. The molecule has 0 aliphatic heterocycles. The van der Waals surface area contributed by atoms with E-state index in [1.807, 2.05) is 61.6 Å². The molecule has 27 heavy (non-hydrogen) atoms. The van der Waals surface area contributed by atoms with E-state index in [0.29, 0.717) is 30.2 Å². The molecule has 3 aromatic rings. The van der Waals surface area contributed by atoms with Crippen LogP contribution in [0.25, 0.3) is 0 Å². The van der Waals surface area contributed by atoms with Crippen LogP contribution in [0.2, 0.25) is 0 Å². The quantitative estimate of drug-likeness (QED) is 0.645. The van der Waals surface area contributed by atoms with Gasteiger partial charge < -0.3 is 14.4 Å². The lowest BCUT2D eigenvalue weighted by Crippen LogP contribution is -2.27. The number of nitrogens with zero attached hydrogens (tertiary/aromatic N) is 3. The number of hydrogen-bond donors (Lipinski definition) is 0. The summed E-state index contributed by atoms with van der Waals surface area (Å²) in [6, 6.07) is 16.9. The maximum absolute atomic E-state index is 12.7. The van der Waals surface area contributed by atoms with E-state index in [0.717, 1.165) is 11.3 Å². The van der Waals surface area contributed by atoms with Crippen LogP contribution < -0.4 is 9.47 Å². The number of rotatable bonds is 7. The fourth-order valence-electron chi connectivity index (χ4n) is 2.78. The molecule has 2 aromatic carbocycles. The zero-order valence-electron chi connectivity index (χ0n) is 15.8. The average Bonchev–Trinajstić information content (AvgIpc) is 3.10. The zero-order valence-corrected chi connectivity index (χ0v) is 15.8. The number of aromatic nitrogens is 2. The molecule has 0 aliphatic carbocycles. The van der Waals surface area contributed by atoms with Gasteiger partial charge in [0.2, 0.25) is 0 Å². The van der Waals surface area contributed by atoms with Crippen LogP contribution in [0.5, 0.6) is 11.5 Å². The van der Waals surface area contributed by atoms with E-state index in [4.69, 9.17) is 9.47 Å². The summed E-state index contributed by atoms with van der Waals surface area (Å²) < 4.78 is 12.9. The molecule has 0 fully saturated rings. The molecule has 0 spiro atoms. The predicted octanol–water partition coefficient (Wildman–Crippen LogP) is 3.28. The van der Waals surface area contributed by atoms with Gasteiger partial charge in [0.1, 0.15) is 6.61 Å². The fourth-order valence-corrected chi connectivity index (χ4v) is 2.78. The summed E-state index contributed by atoms with van der Waals surface area (Å²) in [6.45, 7) is 0.851. The number of amides is 1. The van der Waals surface area contributed by atoms with Crippen molar-refractivity contribution in [1.82, 2.24) is 14.7 Å². The maximum Gasteiger partial charge on any atom is 0.253 e. The highest BCUT2D eigenvalue weighted by atomic mass is 16.5. The number of ether oxygens (including phenoxy) is 2. The Morgan fingerprint density at radius 2 is 1.89 bits per heavy atom. The van der Waals surface area contributed by atoms with Crippen LogP contribution in [0.3, 0.4) is 0 Å².